The fourth-order valence-electron chi connectivity index (χ4n) is 5.92. The number of nitrogens with zero attached hydrogens (tertiary/aromatic N) is 1. The van der Waals surface area contributed by atoms with Gasteiger partial charge in [-0.15, -0.1) is 0 Å². The van der Waals surface area contributed by atoms with Crippen LogP contribution < -0.4 is 11.1 Å². The van der Waals surface area contributed by atoms with Crippen LogP contribution >= 0.6 is 0 Å². The fourth-order valence-corrected chi connectivity index (χ4v) is 5.92. The lowest BCUT2D eigenvalue weighted by Crippen LogP contribution is -2.27. The van der Waals surface area contributed by atoms with E-state index in [1.165, 1.54) is 19.3 Å². The van der Waals surface area contributed by atoms with Gasteiger partial charge >= 0.3 is 0 Å². The molecule has 1 amide bonds. The molecule has 1 spiro atoms. The first-order valence-electron chi connectivity index (χ1n) is 11.9. The van der Waals surface area contributed by atoms with E-state index >= 15 is 0 Å². The van der Waals surface area contributed by atoms with Gasteiger partial charge in [-0.2, -0.15) is 0 Å². The number of carbonyl (C=O) groups excluding carboxylic acids is 2. The van der Waals surface area contributed by atoms with Gasteiger partial charge in [-0.05, 0) is 61.3 Å². The van der Waals surface area contributed by atoms with Crippen LogP contribution in [0.3, 0.4) is 0 Å². The summed E-state index contributed by atoms with van der Waals surface area (Å²) in [6.07, 6.45) is 9.78. The molecule has 3 aromatic rings. The van der Waals surface area contributed by atoms with Crippen LogP contribution in [0.15, 0.2) is 42.5 Å². The second-order valence-electron chi connectivity index (χ2n) is 10.0. The first-order chi connectivity index (χ1) is 15.5. The summed E-state index contributed by atoms with van der Waals surface area (Å²) in [5.74, 6) is -0.203. The van der Waals surface area contributed by atoms with Gasteiger partial charge in [0.25, 0.3) is 5.91 Å². The average molecular weight is 428 g/mol. The van der Waals surface area contributed by atoms with Crippen molar-refractivity contribution in [2.24, 2.45) is 11.1 Å². The lowest BCUT2D eigenvalue weighted by molar-refractivity contribution is 0.0851. The van der Waals surface area contributed by atoms with Crippen molar-refractivity contribution in [3.63, 3.8) is 0 Å². The van der Waals surface area contributed by atoms with Crippen molar-refractivity contribution in [2.45, 2.75) is 63.8 Å². The molecule has 3 aliphatic rings. The summed E-state index contributed by atoms with van der Waals surface area (Å²) in [4.78, 5) is 25.3. The average Bonchev–Trinajstić information content (AvgIpc) is 3.43. The largest absolute Gasteiger partial charge is 0.382 e. The molecule has 6 rings (SSSR count). The predicted octanol–water partition coefficient (Wildman–Crippen LogP) is 5.52. The van der Waals surface area contributed by atoms with Gasteiger partial charge in [0, 0.05) is 34.8 Å². The molecule has 5 heteroatoms. The zero-order chi connectivity index (χ0) is 21.9. The third kappa shape index (κ3) is 3.14. The molecule has 2 fully saturated rings. The van der Waals surface area contributed by atoms with E-state index in [2.05, 4.69) is 17.4 Å². The SMILES string of the molecule is NC(=O)c1ccc(-c2c3n(c4ccccc24)C(=O)CC2(CC2)C3)cc1NC1CCCCC1. The molecule has 0 atom stereocenters. The van der Waals surface area contributed by atoms with E-state index in [-0.39, 0.29) is 11.3 Å². The second-order valence-corrected chi connectivity index (χ2v) is 10.0. The number of rotatable bonds is 4. The molecule has 0 unspecified atom stereocenters. The lowest BCUT2D eigenvalue weighted by Gasteiger charge is -2.26. The minimum absolute atomic E-state index is 0.159. The van der Waals surface area contributed by atoms with E-state index in [9.17, 15) is 9.59 Å². The summed E-state index contributed by atoms with van der Waals surface area (Å²) in [6.45, 7) is 0. The molecule has 0 radical (unpaired) electrons. The summed E-state index contributed by atoms with van der Waals surface area (Å²) < 4.78 is 1.95. The highest BCUT2D eigenvalue weighted by atomic mass is 16.2. The van der Waals surface area contributed by atoms with Crippen molar-refractivity contribution in [1.29, 1.82) is 0 Å². The maximum Gasteiger partial charge on any atom is 0.250 e. The third-order valence-corrected chi connectivity index (χ3v) is 7.79. The number of primary amides is 1. The van der Waals surface area contributed by atoms with Gasteiger partial charge in [0.05, 0.1) is 11.1 Å². The molecule has 2 aromatic carbocycles. The Morgan fingerprint density at radius 2 is 1.81 bits per heavy atom. The summed E-state index contributed by atoms with van der Waals surface area (Å²) in [7, 11) is 0. The number of benzene rings is 2. The van der Waals surface area contributed by atoms with Crippen LogP contribution in [0.2, 0.25) is 0 Å². The molecule has 32 heavy (non-hydrogen) atoms. The molecule has 1 aromatic heterocycles. The number of amides is 1. The van der Waals surface area contributed by atoms with Crippen LogP contribution in [0, 0.1) is 5.41 Å². The molecule has 2 aliphatic carbocycles. The van der Waals surface area contributed by atoms with Crippen LogP contribution in [-0.4, -0.2) is 22.4 Å². The van der Waals surface area contributed by atoms with Gasteiger partial charge in [-0.1, -0.05) is 43.5 Å². The number of nitrogens with one attached hydrogen (secondary N) is 1. The van der Waals surface area contributed by atoms with Crippen molar-refractivity contribution >= 4 is 28.4 Å². The van der Waals surface area contributed by atoms with E-state index < -0.39 is 5.91 Å². The molecule has 0 bridgehead atoms. The summed E-state index contributed by atoms with van der Waals surface area (Å²) in [5.41, 5.74) is 11.5. The maximum absolute atomic E-state index is 13.2. The highest BCUT2D eigenvalue weighted by Crippen LogP contribution is 2.56. The van der Waals surface area contributed by atoms with Gasteiger partial charge in [0.15, 0.2) is 0 Å². The van der Waals surface area contributed by atoms with Crippen molar-refractivity contribution in [2.75, 3.05) is 5.32 Å². The van der Waals surface area contributed by atoms with E-state index in [1.54, 1.807) is 0 Å². The van der Waals surface area contributed by atoms with E-state index in [0.717, 1.165) is 65.5 Å². The van der Waals surface area contributed by atoms with Crippen molar-refractivity contribution in [3.8, 4) is 11.1 Å². The van der Waals surface area contributed by atoms with Gasteiger partial charge in [-0.3, -0.25) is 14.2 Å². The van der Waals surface area contributed by atoms with Crippen LogP contribution in [0.25, 0.3) is 22.0 Å². The zero-order valence-electron chi connectivity index (χ0n) is 18.3. The number of para-hydroxylation sites is 1. The molecule has 5 nitrogen and oxygen atoms in total. The number of carbonyl (C=O) groups is 2. The van der Waals surface area contributed by atoms with E-state index in [4.69, 9.17) is 5.73 Å². The first-order valence-corrected chi connectivity index (χ1v) is 11.9. The fraction of sp³-hybridized carbons (Fsp3) is 0.407. The van der Waals surface area contributed by atoms with Crippen molar-refractivity contribution < 1.29 is 9.59 Å². The Hall–Kier alpha value is -3.08. The molecule has 1 aliphatic heterocycles. The Morgan fingerprint density at radius 3 is 2.56 bits per heavy atom. The summed E-state index contributed by atoms with van der Waals surface area (Å²) in [5, 5.41) is 4.72. The zero-order valence-corrected chi connectivity index (χ0v) is 18.3. The number of nitrogens with two attached hydrogens (primary N) is 1. The van der Waals surface area contributed by atoms with E-state index in [1.807, 2.05) is 34.9 Å². The van der Waals surface area contributed by atoms with Gasteiger partial charge in [0.1, 0.15) is 0 Å². The quantitative estimate of drug-likeness (QED) is 0.576. The minimum Gasteiger partial charge on any atom is -0.382 e. The Balaban J connectivity index is 1.51. The van der Waals surface area contributed by atoms with Crippen LogP contribution in [0.1, 0.15) is 72.2 Å². The second kappa shape index (κ2) is 7.22. The maximum atomic E-state index is 13.2. The number of hydrogen-bond donors (Lipinski definition) is 2. The topological polar surface area (TPSA) is 77.1 Å². The van der Waals surface area contributed by atoms with Gasteiger partial charge in [-0.25, -0.2) is 0 Å². The Kier molecular flexibility index (Phi) is 4.42. The molecule has 2 saturated carbocycles. The summed E-state index contributed by atoms with van der Waals surface area (Å²) >= 11 is 0. The van der Waals surface area contributed by atoms with Crippen LogP contribution in [-0.2, 0) is 6.42 Å². The van der Waals surface area contributed by atoms with Gasteiger partial charge in [0.2, 0.25) is 5.91 Å². The Labute approximate surface area is 188 Å². The highest BCUT2D eigenvalue weighted by Gasteiger charge is 2.49. The molecular formula is C27H29N3O2. The van der Waals surface area contributed by atoms with Crippen LogP contribution in [0.4, 0.5) is 5.69 Å². The van der Waals surface area contributed by atoms with E-state index in [0.29, 0.717) is 18.0 Å². The predicted molar refractivity (Wildman–Crippen MR) is 127 cm³/mol. The molecule has 164 valence electrons. The smallest absolute Gasteiger partial charge is 0.250 e. The standard InChI is InChI=1S/C27H29N3O2/c28-26(32)19-11-10-17(14-21(19)29-18-6-2-1-3-7-18)25-20-8-4-5-9-22(20)30-23(25)15-27(12-13-27)16-24(30)31/h4-5,8-11,14,18,29H,1-3,6-7,12-13,15-16H2,(H2,28,32). The normalized spacial score (nSPS) is 19.8. The molecule has 3 N–H and O–H groups in total. The van der Waals surface area contributed by atoms with Crippen LogP contribution in [0.5, 0.6) is 0 Å². The minimum atomic E-state index is -0.411. The monoisotopic (exact) mass is 427 g/mol. The Morgan fingerprint density at radius 1 is 1.03 bits per heavy atom. The number of aromatic nitrogens is 1. The summed E-state index contributed by atoms with van der Waals surface area (Å²) in [6, 6.07) is 14.5. The number of anilines is 1. The molecule has 0 saturated heterocycles. The molecular weight excluding hydrogens is 398 g/mol. The molecule has 2 heterocycles. The highest BCUT2D eigenvalue weighted by molar-refractivity contribution is 6.06. The first kappa shape index (κ1) is 19.6. The third-order valence-electron chi connectivity index (χ3n) is 7.79. The van der Waals surface area contributed by atoms with Crippen molar-refractivity contribution in [1.82, 2.24) is 4.57 Å². The number of fused-ring (bicyclic) bond motifs is 3. The Bertz CT molecular complexity index is 1250. The van der Waals surface area contributed by atoms with Crippen molar-refractivity contribution in [3.05, 3.63) is 53.7 Å². The lowest BCUT2D eigenvalue weighted by atomic mass is 9.88. The number of hydrogen-bond acceptors (Lipinski definition) is 3. The van der Waals surface area contributed by atoms with Gasteiger partial charge < -0.3 is 11.1 Å².